The second-order valence-electron chi connectivity index (χ2n) is 3.49. The third-order valence-electron chi connectivity index (χ3n) is 2.40. The first-order valence-electron chi connectivity index (χ1n) is 5.19. The molecule has 1 heterocycles. The standard InChI is InChI=1S/C11H17NO2/c13-10-6-5-9-12-8-4-2-1-3-7-11(12)14/h13H,1-4,7-10H2. The monoisotopic (exact) mass is 195 g/mol. The summed E-state index contributed by atoms with van der Waals surface area (Å²) in [6, 6.07) is 0. The van der Waals surface area contributed by atoms with Crippen molar-refractivity contribution in [1.82, 2.24) is 4.90 Å². The highest BCUT2D eigenvalue weighted by molar-refractivity contribution is 5.76. The quantitative estimate of drug-likeness (QED) is 0.628. The summed E-state index contributed by atoms with van der Waals surface area (Å²) in [7, 11) is 0. The fraction of sp³-hybridized carbons (Fsp3) is 0.727. The van der Waals surface area contributed by atoms with Gasteiger partial charge < -0.3 is 10.0 Å². The minimum atomic E-state index is -0.123. The van der Waals surface area contributed by atoms with Crippen LogP contribution in [-0.2, 0) is 4.79 Å². The average Bonchev–Trinajstić information content (AvgIpc) is 2.17. The van der Waals surface area contributed by atoms with Crippen LogP contribution in [-0.4, -0.2) is 35.6 Å². The molecule has 0 bridgehead atoms. The van der Waals surface area contributed by atoms with E-state index in [4.69, 9.17) is 5.11 Å². The molecule has 1 fully saturated rings. The van der Waals surface area contributed by atoms with Gasteiger partial charge in [0.25, 0.3) is 0 Å². The lowest BCUT2D eigenvalue weighted by Crippen LogP contribution is -2.33. The topological polar surface area (TPSA) is 40.5 Å². The second-order valence-corrected chi connectivity index (χ2v) is 3.49. The van der Waals surface area contributed by atoms with Gasteiger partial charge in [0.15, 0.2) is 0 Å². The van der Waals surface area contributed by atoms with Crippen molar-refractivity contribution in [3.05, 3.63) is 0 Å². The van der Waals surface area contributed by atoms with Crippen molar-refractivity contribution >= 4 is 5.91 Å². The summed E-state index contributed by atoms with van der Waals surface area (Å²) >= 11 is 0. The van der Waals surface area contributed by atoms with E-state index in [9.17, 15) is 4.79 Å². The van der Waals surface area contributed by atoms with Crippen molar-refractivity contribution in [3.63, 3.8) is 0 Å². The molecule has 1 amide bonds. The fourth-order valence-electron chi connectivity index (χ4n) is 1.59. The molecule has 0 aromatic rings. The number of hydrogen-bond donors (Lipinski definition) is 1. The van der Waals surface area contributed by atoms with Gasteiger partial charge in [-0.05, 0) is 12.8 Å². The lowest BCUT2D eigenvalue weighted by Gasteiger charge is -2.22. The smallest absolute Gasteiger partial charge is 0.223 e. The van der Waals surface area contributed by atoms with E-state index in [0.29, 0.717) is 13.0 Å². The van der Waals surface area contributed by atoms with E-state index >= 15 is 0 Å². The van der Waals surface area contributed by atoms with Crippen LogP contribution in [0.4, 0.5) is 0 Å². The number of aliphatic hydroxyl groups excluding tert-OH is 1. The molecule has 78 valence electrons. The summed E-state index contributed by atoms with van der Waals surface area (Å²) in [6.07, 6.45) is 5.11. The van der Waals surface area contributed by atoms with Gasteiger partial charge in [0, 0.05) is 13.0 Å². The molecule has 0 atom stereocenters. The molecule has 1 aliphatic rings. The molecule has 0 radical (unpaired) electrons. The minimum absolute atomic E-state index is 0.123. The van der Waals surface area contributed by atoms with Gasteiger partial charge in [-0.1, -0.05) is 24.7 Å². The molecular formula is C11H17NO2. The number of hydrogen-bond acceptors (Lipinski definition) is 2. The third kappa shape index (κ3) is 3.80. The van der Waals surface area contributed by atoms with Crippen molar-refractivity contribution in [1.29, 1.82) is 0 Å². The summed E-state index contributed by atoms with van der Waals surface area (Å²) < 4.78 is 0. The summed E-state index contributed by atoms with van der Waals surface area (Å²) in [5.41, 5.74) is 0. The van der Waals surface area contributed by atoms with Crippen molar-refractivity contribution in [2.45, 2.75) is 32.1 Å². The molecule has 0 aromatic carbocycles. The first-order valence-corrected chi connectivity index (χ1v) is 5.19. The van der Waals surface area contributed by atoms with E-state index in [1.807, 2.05) is 0 Å². The first-order chi connectivity index (χ1) is 6.84. The maximum Gasteiger partial charge on any atom is 0.223 e. The minimum Gasteiger partial charge on any atom is -0.384 e. The molecule has 3 heteroatoms. The largest absolute Gasteiger partial charge is 0.384 e. The molecule has 1 saturated heterocycles. The van der Waals surface area contributed by atoms with Crippen molar-refractivity contribution in [2.75, 3.05) is 19.7 Å². The number of carbonyl (C=O) groups is 1. The van der Waals surface area contributed by atoms with E-state index in [-0.39, 0.29) is 12.5 Å². The van der Waals surface area contributed by atoms with Crippen LogP contribution in [0.25, 0.3) is 0 Å². The maximum atomic E-state index is 11.6. The molecule has 0 aliphatic carbocycles. The summed E-state index contributed by atoms with van der Waals surface area (Å²) in [5.74, 6) is 5.56. The van der Waals surface area contributed by atoms with Gasteiger partial charge in [-0.2, -0.15) is 0 Å². The van der Waals surface area contributed by atoms with Gasteiger partial charge >= 0.3 is 0 Å². The number of nitrogens with zero attached hydrogens (tertiary/aromatic N) is 1. The molecule has 0 unspecified atom stereocenters. The fourth-order valence-corrected chi connectivity index (χ4v) is 1.59. The number of carbonyl (C=O) groups excluding carboxylic acids is 1. The Balaban J connectivity index is 2.41. The SMILES string of the molecule is O=C1CCCCCCN1CC#CCO. The molecule has 0 spiro atoms. The van der Waals surface area contributed by atoms with Crippen molar-refractivity contribution < 1.29 is 9.90 Å². The van der Waals surface area contributed by atoms with Crippen LogP contribution in [0.15, 0.2) is 0 Å². The van der Waals surface area contributed by atoms with E-state index in [1.165, 1.54) is 12.8 Å². The number of likely N-dealkylation sites (tertiary alicyclic amines) is 1. The van der Waals surface area contributed by atoms with Gasteiger partial charge in [0.2, 0.25) is 5.91 Å². The lowest BCUT2D eigenvalue weighted by molar-refractivity contribution is -0.131. The van der Waals surface area contributed by atoms with Crippen LogP contribution in [0.5, 0.6) is 0 Å². The summed E-state index contributed by atoms with van der Waals surface area (Å²) in [5, 5.41) is 8.49. The van der Waals surface area contributed by atoms with Crippen LogP contribution in [0.3, 0.4) is 0 Å². The third-order valence-corrected chi connectivity index (χ3v) is 2.40. The zero-order valence-corrected chi connectivity index (χ0v) is 8.46. The summed E-state index contributed by atoms with van der Waals surface area (Å²) in [6.45, 7) is 1.17. The van der Waals surface area contributed by atoms with Crippen LogP contribution >= 0.6 is 0 Å². The highest BCUT2D eigenvalue weighted by atomic mass is 16.2. The first kappa shape index (κ1) is 11.1. The molecule has 1 rings (SSSR count). The van der Waals surface area contributed by atoms with Gasteiger partial charge in [-0.15, -0.1) is 0 Å². The number of amides is 1. The van der Waals surface area contributed by atoms with Crippen LogP contribution in [0.2, 0.25) is 0 Å². The Morgan fingerprint density at radius 1 is 1.21 bits per heavy atom. The predicted molar refractivity (Wildman–Crippen MR) is 54.5 cm³/mol. The average molecular weight is 195 g/mol. The Labute approximate surface area is 85.1 Å². The number of aliphatic hydroxyl groups is 1. The predicted octanol–water partition coefficient (Wildman–Crippen LogP) is 0.775. The Morgan fingerprint density at radius 3 is 2.79 bits per heavy atom. The number of rotatable bonds is 1. The molecule has 1 N–H and O–H groups in total. The Kier molecular flexibility index (Phi) is 5.09. The molecule has 0 saturated carbocycles. The summed E-state index contributed by atoms with van der Waals surface area (Å²) in [4.78, 5) is 13.4. The molecule has 14 heavy (non-hydrogen) atoms. The molecule has 3 nitrogen and oxygen atoms in total. The molecular weight excluding hydrogens is 178 g/mol. The zero-order chi connectivity index (χ0) is 10.2. The Hall–Kier alpha value is -1.01. The van der Waals surface area contributed by atoms with Crippen LogP contribution < -0.4 is 0 Å². The normalized spacial score (nSPS) is 18.1. The Morgan fingerprint density at radius 2 is 2.00 bits per heavy atom. The second kappa shape index (κ2) is 6.44. The van der Waals surface area contributed by atoms with E-state index in [2.05, 4.69) is 11.8 Å². The Bertz CT molecular complexity index is 239. The van der Waals surface area contributed by atoms with E-state index < -0.39 is 0 Å². The molecule has 0 aromatic heterocycles. The van der Waals surface area contributed by atoms with Crippen LogP contribution in [0, 0.1) is 11.8 Å². The van der Waals surface area contributed by atoms with Crippen LogP contribution in [0.1, 0.15) is 32.1 Å². The van der Waals surface area contributed by atoms with E-state index in [1.54, 1.807) is 4.90 Å². The van der Waals surface area contributed by atoms with Gasteiger partial charge in [0.1, 0.15) is 6.61 Å². The van der Waals surface area contributed by atoms with Gasteiger partial charge in [-0.25, -0.2) is 0 Å². The van der Waals surface area contributed by atoms with E-state index in [0.717, 1.165) is 19.4 Å². The van der Waals surface area contributed by atoms with Gasteiger partial charge in [-0.3, -0.25) is 4.79 Å². The highest BCUT2D eigenvalue weighted by Gasteiger charge is 2.13. The maximum absolute atomic E-state index is 11.6. The van der Waals surface area contributed by atoms with Crippen molar-refractivity contribution in [2.24, 2.45) is 0 Å². The lowest BCUT2D eigenvalue weighted by atomic mass is 10.1. The zero-order valence-electron chi connectivity index (χ0n) is 8.46. The van der Waals surface area contributed by atoms with Gasteiger partial charge in [0.05, 0.1) is 6.54 Å². The van der Waals surface area contributed by atoms with Crippen molar-refractivity contribution in [3.8, 4) is 11.8 Å². The molecule has 1 aliphatic heterocycles. The highest BCUT2D eigenvalue weighted by Crippen LogP contribution is 2.10.